The number of amides is 3. The first-order valence-corrected chi connectivity index (χ1v) is 14.3. The van der Waals surface area contributed by atoms with Crippen LogP contribution in [0, 0.1) is 11.7 Å². The van der Waals surface area contributed by atoms with Crippen molar-refractivity contribution < 1.29 is 36.7 Å². The number of fused-ring (bicyclic) bond motifs is 2. The van der Waals surface area contributed by atoms with E-state index in [1.165, 1.54) is 34.9 Å². The Hall–Kier alpha value is -3.49. The van der Waals surface area contributed by atoms with E-state index in [2.05, 4.69) is 0 Å². The highest BCUT2D eigenvalue weighted by molar-refractivity contribution is 8.00. The molecule has 2 saturated heterocycles. The predicted octanol–water partition coefficient (Wildman–Crippen LogP) is 3.72. The number of thioether (sulfide) groups is 1. The van der Waals surface area contributed by atoms with Gasteiger partial charge in [-0.1, -0.05) is 41.3 Å². The number of hydrogen-bond acceptors (Lipinski definition) is 7. The number of aromatic nitrogens is 1. The minimum atomic E-state index is -4.69. The summed E-state index contributed by atoms with van der Waals surface area (Å²) < 4.78 is 60.7. The van der Waals surface area contributed by atoms with Crippen LogP contribution >= 0.6 is 23.1 Å². The number of alkyl halides is 3. The van der Waals surface area contributed by atoms with Crippen molar-refractivity contribution in [2.45, 2.75) is 28.9 Å². The van der Waals surface area contributed by atoms with Crippen molar-refractivity contribution in [3.63, 3.8) is 0 Å². The Balaban J connectivity index is 1.43. The van der Waals surface area contributed by atoms with Gasteiger partial charge in [-0.2, -0.15) is 13.2 Å². The van der Waals surface area contributed by atoms with Gasteiger partial charge in [0.2, 0.25) is 17.7 Å². The third-order valence-corrected chi connectivity index (χ3v) is 9.97. The van der Waals surface area contributed by atoms with Crippen molar-refractivity contribution in [3.05, 3.63) is 80.0 Å². The van der Waals surface area contributed by atoms with Gasteiger partial charge in [0, 0.05) is 23.9 Å². The SMILES string of the molecule is O=C(Cn1c2c(sc1=O)C(c1ccc(F)cc1)C1C(=O)N(c3cccc(C(F)(F)F)c3)C(=O)C1S2)N1CCOCC1. The maximum atomic E-state index is 13.8. The molecule has 214 valence electrons. The van der Waals surface area contributed by atoms with Crippen LogP contribution in [0.4, 0.5) is 23.2 Å². The molecule has 0 aliphatic carbocycles. The van der Waals surface area contributed by atoms with E-state index >= 15 is 0 Å². The van der Waals surface area contributed by atoms with Crippen molar-refractivity contribution in [2.24, 2.45) is 5.92 Å². The Labute approximate surface area is 238 Å². The molecule has 2 fully saturated rings. The number of rotatable bonds is 4. The zero-order valence-electron chi connectivity index (χ0n) is 21.1. The zero-order valence-corrected chi connectivity index (χ0v) is 22.7. The fraction of sp³-hybridized carbons (Fsp3) is 0.333. The van der Waals surface area contributed by atoms with E-state index in [0.29, 0.717) is 41.8 Å². The second-order valence-electron chi connectivity index (χ2n) is 9.77. The van der Waals surface area contributed by atoms with Crippen LogP contribution in [0.15, 0.2) is 58.4 Å². The predicted molar refractivity (Wildman–Crippen MR) is 141 cm³/mol. The molecule has 41 heavy (non-hydrogen) atoms. The first-order chi connectivity index (χ1) is 19.5. The summed E-state index contributed by atoms with van der Waals surface area (Å²) in [5.74, 6) is -4.22. The summed E-state index contributed by atoms with van der Waals surface area (Å²) in [4.78, 5) is 56.1. The van der Waals surface area contributed by atoms with Crippen LogP contribution in [-0.4, -0.2) is 58.7 Å². The van der Waals surface area contributed by atoms with Gasteiger partial charge >= 0.3 is 11.0 Å². The highest BCUT2D eigenvalue weighted by atomic mass is 32.2. The lowest BCUT2D eigenvalue weighted by Crippen LogP contribution is -2.43. The number of anilines is 1. The van der Waals surface area contributed by atoms with E-state index in [1.807, 2.05) is 0 Å². The number of thiazole rings is 1. The molecule has 6 rings (SSSR count). The van der Waals surface area contributed by atoms with Gasteiger partial charge in [-0.15, -0.1) is 0 Å². The van der Waals surface area contributed by atoms with Crippen molar-refractivity contribution in [1.29, 1.82) is 0 Å². The molecule has 0 N–H and O–H groups in total. The van der Waals surface area contributed by atoms with Crippen LogP contribution in [0.2, 0.25) is 0 Å². The Morgan fingerprint density at radius 2 is 1.71 bits per heavy atom. The topological polar surface area (TPSA) is 88.9 Å². The molecule has 2 aromatic carbocycles. The average molecular weight is 608 g/mol. The quantitative estimate of drug-likeness (QED) is 0.332. The number of carbonyl (C=O) groups is 3. The van der Waals surface area contributed by atoms with E-state index in [1.54, 1.807) is 4.90 Å². The molecular formula is C27H21F4N3O5S2. The molecule has 3 aliphatic heterocycles. The molecule has 3 amide bonds. The number of carbonyl (C=O) groups excluding carboxylic acids is 3. The molecular weight excluding hydrogens is 586 g/mol. The van der Waals surface area contributed by atoms with Crippen molar-refractivity contribution >= 4 is 46.5 Å². The molecule has 3 atom stereocenters. The van der Waals surface area contributed by atoms with E-state index in [9.17, 15) is 36.7 Å². The second kappa shape index (κ2) is 10.4. The van der Waals surface area contributed by atoms with Crippen LogP contribution in [0.5, 0.6) is 0 Å². The van der Waals surface area contributed by atoms with Gasteiger partial charge in [0.1, 0.15) is 17.6 Å². The normalized spacial score (nSPS) is 22.6. The maximum absolute atomic E-state index is 13.8. The monoisotopic (exact) mass is 607 g/mol. The van der Waals surface area contributed by atoms with Crippen LogP contribution in [-0.2, 0) is 31.8 Å². The highest BCUT2D eigenvalue weighted by Crippen LogP contribution is 2.54. The maximum Gasteiger partial charge on any atom is 0.416 e. The van der Waals surface area contributed by atoms with Gasteiger partial charge in [0.15, 0.2) is 0 Å². The second-order valence-corrected chi connectivity index (χ2v) is 11.9. The van der Waals surface area contributed by atoms with Gasteiger partial charge in [-0.05, 0) is 35.9 Å². The lowest BCUT2D eigenvalue weighted by atomic mass is 9.83. The van der Waals surface area contributed by atoms with Crippen molar-refractivity contribution in [3.8, 4) is 0 Å². The molecule has 3 aliphatic rings. The van der Waals surface area contributed by atoms with Crippen molar-refractivity contribution in [2.75, 3.05) is 31.2 Å². The van der Waals surface area contributed by atoms with Gasteiger partial charge in [-0.25, -0.2) is 9.29 Å². The number of hydrogen-bond donors (Lipinski definition) is 0. The van der Waals surface area contributed by atoms with Crippen LogP contribution in [0.3, 0.4) is 0 Å². The number of benzene rings is 2. The average Bonchev–Trinajstić information content (AvgIpc) is 3.39. The molecule has 8 nitrogen and oxygen atoms in total. The van der Waals surface area contributed by atoms with Crippen LogP contribution in [0.25, 0.3) is 0 Å². The molecule has 3 unspecified atom stereocenters. The minimum absolute atomic E-state index is 0.217. The first kappa shape index (κ1) is 27.7. The molecule has 4 heterocycles. The zero-order chi connectivity index (χ0) is 29.1. The third kappa shape index (κ3) is 4.87. The molecule has 3 aromatic rings. The van der Waals surface area contributed by atoms with Gasteiger partial charge < -0.3 is 9.64 Å². The smallest absolute Gasteiger partial charge is 0.378 e. The molecule has 14 heteroatoms. The number of ether oxygens (including phenoxy) is 1. The minimum Gasteiger partial charge on any atom is -0.378 e. The van der Waals surface area contributed by atoms with E-state index in [4.69, 9.17) is 4.74 Å². The lowest BCUT2D eigenvalue weighted by Gasteiger charge is -2.31. The third-order valence-electron chi connectivity index (χ3n) is 7.37. The summed E-state index contributed by atoms with van der Waals surface area (Å²) in [6.45, 7) is 1.19. The number of halogens is 4. The highest BCUT2D eigenvalue weighted by Gasteiger charge is 2.57. The van der Waals surface area contributed by atoms with E-state index < -0.39 is 51.3 Å². The summed E-state index contributed by atoms with van der Waals surface area (Å²) >= 11 is 1.79. The molecule has 0 bridgehead atoms. The summed E-state index contributed by atoms with van der Waals surface area (Å²) in [7, 11) is 0. The Morgan fingerprint density at radius 1 is 1.00 bits per heavy atom. The van der Waals surface area contributed by atoms with Gasteiger partial charge in [-0.3, -0.25) is 23.7 Å². The van der Waals surface area contributed by atoms with Crippen LogP contribution < -0.4 is 9.77 Å². The largest absolute Gasteiger partial charge is 0.416 e. The Morgan fingerprint density at radius 3 is 2.39 bits per heavy atom. The summed E-state index contributed by atoms with van der Waals surface area (Å²) in [6.07, 6.45) is -4.69. The first-order valence-electron chi connectivity index (χ1n) is 12.6. The fourth-order valence-corrected chi connectivity index (χ4v) is 8.18. The van der Waals surface area contributed by atoms with Crippen LogP contribution in [0.1, 0.15) is 21.9 Å². The van der Waals surface area contributed by atoms with Gasteiger partial charge in [0.05, 0.1) is 35.4 Å². The standard InChI is InChI=1S/C27H21F4N3O5S2/c28-16-6-4-14(5-7-16)19-20-21(24(37)34(23(20)36)17-3-1-2-15(12-17)27(29,30)31)40-25-22(19)41-26(38)33(25)13-18(35)32-8-10-39-11-9-32/h1-7,12,19-21H,8-11,13H2. The number of imide groups is 1. The molecule has 0 saturated carbocycles. The fourth-order valence-electron chi connectivity index (χ4n) is 5.41. The lowest BCUT2D eigenvalue weighted by molar-refractivity contribution is -0.138. The molecule has 1 aromatic heterocycles. The summed E-state index contributed by atoms with van der Waals surface area (Å²) in [5, 5.41) is -0.748. The van der Waals surface area contributed by atoms with E-state index in [0.717, 1.165) is 46.2 Å². The molecule has 0 spiro atoms. The van der Waals surface area contributed by atoms with Gasteiger partial charge in [0.25, 0.3) is 0 Å². The summed E-state index contributed by atoms with van der Waals surface area (Å²) in [6, 6.07) is 9.27. The van der Waals surface area contributed by atoms with Crippen molar-refractivity contribution in [1.82, 2.24) is 9.47 Å². The Kier molecular flexibility index (Phi) is 7.02. The number of nitrogens with zero attached hydrogens (tertiary/aromatic N) is 3. The van der Waals surface area contributed by atoms with E-state index in [-0.39, 0.29) is 18.1 Å². The Bertz CT molecular complexity index is 1600. The molecule has 0 radical (unpaired) electrons. The summed E-state index contributed by atoms with van der Waals surface area (Å²) in [5.41, 5.74) is -0.767. The number of morpholine rings is 1.